The van der Waals surface area contributed by atoms with E-state index in [-0.39, 0.29) is 24.8 Å². The summed E-state index contributed by atoms with van der Waals surface area (Å²) in [7, 11) is 2.19. The van der Waals surface area contributed by atoms with Gasteiger partial charge in [-0.2, -0.15) is 0 Å². The maximum absolute atomic E-state index is 3.78. The van der Waals surface area contributed by atoms with Gasteiger partial charge < -0.3 is 24.8 Å². The molecule has 19 heavy (non-hydrogen) atoms. The second kappa shape index (κ2) is 6.94. The summed E-state index contributed by atoms with van der Waals surface area (Å²) in [4.78, 5) is 2.36. The first-order valence-corrected chi connectivity index (χ1v) is 9.07. The Bertz CT molecular complexity index is 532. The maximum atomic E-state index is 3.78. The van der Waals surface area contributed by atoms with Gasteiger partial charge in [-0.05, 0) is 0 Å². The fourth-order valence-corrected chi connectivity index (χ4v) is 6.89. The van der Waals surface area contributed by atoms with E-state index in [0.717, 1.165) is 0 Å². The molecule has 3 rings (SSSR count). The summed E-state index contributed by atoms with van der Waals surface area (Å²) in [6.07, 6.45) is 12.7. The van der Waals surface area contributed by atoms with Crippen LogP contribution in [0, 0.1) is 0 Å². The molecule has 0 amide bonds. The molecule has 0 radical (unpaired) electrons. The molecule has 0 N–H and O–H groups in total. The summed E-state index contributed by atoms with van der Waals surface area (Å²) >= 11 is 3.18. The van der Waals surface area contributed by atoms with Crippen molar-refractivity contribution < 1.29 is 48.0 Å². The Morgan fingerprint density at radius 3 is 2.74 bits per heavy atom. The Balaban J connectivity index is 0.000000902. The maximum Gasteiger partial charge on any atom is -1.00 e. The number of nitrogens with zero attached hydrogens (tertiary/aromatic N) is 1. The van der Waals surface area contributed by atoms with Crippen molar-refractivity contribution in [2.75, 3.05) is 7.05 Å². The van der Waals surface area contributed by atoms with E-state index in [9.17, 15) is 0 Å². The van der Waals surface area contributed by atoms with Gasteiger partial charge in [0, 0.05) is 0 Å². The van der Waals surface area contributed by atoms with Gasteiger partial charge in [-0.15, -0.1) is 0 Å². The van der Waals surface area contributed by atoms with Gasteiger partial charge in [-0.3, -0.25) is 0 Å². The van der Waals surface area contributed by atoms with Crippen molar-refractivity contribution in [1.29, 1.82) is 0 Å². The molecule has 5 heteroatoms. The normalized spacial score (nSPS) is 23.2. The standard InChI is InChI=1S/C9H9BrN.C5H5.2ClH.Zr/c1-6-3-7-5-9(10)11(2)8(7)4-6;1-2-4-5-3-1;;;/h3-4,8H,1-2H3;1-3H,4H2;2*1H;/q;;;;+2/p-2. The van der Waals surface area contributed by atoms with Crippen molar-refractivity contribution in [3.63, 3.8) is 0 Å². The monoisotopic (exact) mass is 435 g/mol. The Kier molecular flexibility index (Phi) is 6.39. The minimum absolute atomic E-state index is 0. The molecule has 3 aliphatic rings. The quantitative estimate of drug-likeness (QED) is 0.438. The molecule has 1 atom stereocenters. The molecule has 1 unspecified atom stereocenters. The average Bonchev–Trinajstić information content (AvgIpc) is 2.96. The van der Waals surface area contributed by atoms with Crippen molar-refractivity contribution in [3.05, 3.63) is 52.7 Å². The topological polar surface area (TPSA) is 3.24 Å². The van der Waals surface area contributed by atoms with Crippen LogP contribution in [0.25, 0.3) is 0 Å². The molecule has 0 aromatic rings. The van der Waals surface area contributed by atoms with Gasteiger partial charge in [0.2, 0.25) is 0 Å². The first-order valence-electron chi connectivity index (χ1n) is 5.82. The third kappa shape index (κ3) is 3.21. The van der Waals surface area contributed by atoms with Gasteiger partial charge >= 0.3 is 123 Å². The molecular formula is C14H14BrCl2NZr. The average molecular weight is 438 g/mol. The molecule has 100 valence electrons. The number of hydrogen-bond donors (Lipinski definition) is 0. The SMILES string of the molecule is CC1=CC2C(=C1)[C]([Zr+2][C]1=CC=CC1)=C(Br)N2C.[Cl-].[Cl-]. The number of fused-ring (bicyclic) bond motifs is 1. The van der Waals surface area contributed by atoms with Crippen molar-refractivity contribution >= 4 is 15.9 Å². The van der Waals surface area contributed by atoms with E-state index >= 15 is 0 Å². The number of halogens is 3. The molecule has 0 saturated heterocycles. The molecule has 0 spiro atoms. The van der Waals surface area contributed by atoms with Crippen LogP contribution in [0.4, 0.5) is 0 Å². The van der Waals surface area contributed by atoms with Crippen LogP contribution in [0.2, 0.25) is 0 Å². The Hall–Kier alpha value is 0.443. The van der Waals surface area contributed by atoms with Crippen LogP contribution in [0.3, 0.4) is 0 Å². The molecule has 1 aliphatic heterocycles. The van der Waals surface area contributed by atoms with Crippen molar-refractivity contribution in [1.82, 2.24) is 4.90 Å². The fourth-order valence-electron chi connectivity index (χ4n) is 2.50. The number of hydrogen-bond acceptors (Lipinski definition) is 1. The summed E-state index contributed by atoms with van der Waals surface area (Å²) in [5, 5.41) is 0. The van der Waals surface area contributed by atoms with E-state index in [1.807, 2.05) is 0 Å². The largest absolute Gasteiger partial charge is 1.00 e. The molecule has 2 aliphatic carbocycles. The van der Waals surface area contributed by atoms with Gasteiger partial charge in [0.25, 0.3) is 0 Å². The predicted molar refractivity (Wildman–Crippen MR) is 71.2 cm³/mol. The van der Waals surface area contributed by atoms with Crippen molar-refractivity contribution in [3.8, 4) is 0 Å². The molecule has 0 bridgehead atoms. The summed E-state index contributed by atoms with van der Waals surface area (Å²) in [5.74, 6) is 0. The van der Waals surface area contributed by atoms with Gasteiger partial charge in [0.1, 0.15) is 0 Å². The zero-order valence-electron chi connectivity index (χ0n) is 10.8. The molecular weight excluding hydrogens is 424 g/mol. The number of likely N-dealkylation sites (N-methyl/N-ethyl adjacent to an activating group) is 1. The second-order valence-electron chi connectivity index (χ2n) is 4.68. The summed E-state index contributed by atoms with van der Waals surface area (Å²) in [6.45, 7) is 2.20. The third-order valence-corrected chi connectivity index (χ3v) is 8.86. The minimum Gasteiger partial charge on any atom is -1.00 e. The smallest absolute Gasteiger partial charge is 1.00 e. The second-order valence-corrected chi connectivity index (χ2v) is 8.85. The molecule has 0 aromatic heterocycles. The Labute approximate surface area is 147 Å². The van der Waals surface area contributed by atoms with Crippen LogP contribution in [-0.4, -0.2) is 18.0 Å². The predicted octanol–water partition coefficient (Wildman–Crippen LogP) is -2.31. The summed E-state index contributed by atoms with van der Waals surface area (Å²) in [5.41, 5.74) is 2.96. The molecule has 0 fully saturated rings. The molecule has 1 heterocycles. The van der Waals surface area contributed by atoms with Crippen LogP contribution in [0.15, 0.2) is 52.7 Å². The van der Waals surface area contributed by atoms with E-state index in [1.165, 1.54) is 16.6 Å². The van der Waals surface area contributed by atoms with Crippen LogP contribution < -0.4 is 24.8 Å². The number of rotatable bonds is 2. The van der Waals surface area contributed by atoms with E-state index in [1.54, 1.807) is 12.1 Å². The summed E-state index contributed by atoms with van der Waals surface area (Å²) in [6, 6.07) is 0.496. The fraction of sp³-hybridized carbons (Fsp3) is 0.286. The van der Waals surface area contributed by atoms with Gasteiger partial charge in [-0.25, -0.2) is 0 Å². The Morgan fingerprint density at radius 1 is 1.37 bits per heavy atom. The van der Waals surface area contributed by atoms with Crippen LogP contribution in [0.5, 0.6) is 0 Å². The zero-order valence-corrected chi connectivity index (χ0v) is 16.3. The molecule has 0 saturated carbocycles. The number of allylic oxidation sites excluding steroid dienone is 6. The third-order valence-electron chi connectivity index (χ3n) is 3.40. The van der Waals surface area contributed by atoms with Gasteiger partial charge in [0.15, 0.2) is 0 Å². The summed E-state index contributed by atoms with van der Waals surface area (Å²) < 4.78 is 4.64. The van der Waals surface area contributed by atoms with Crippen LogP contribution >= 0.6 is 15.9 Å². The van der Waals surface area contributed by atoms with E-state index in [0.29, 0.717) is 6.04 Å². The van der Waals surface area contributed by atoms with E-state index in [4.69, 9.17) is 0 Å². The molecule has 0 aromatic carbocycles. The van der Waals surface area contributed by atoms with Gasteiger partial charge in [0.05, 0.1) is 0 Å². The minimum atomic E-state index is -0.607. The van der Waals surface area contributed by atoms with Crippen molar-refractivity contribution in [2.24, 2.45) is 0 Å². The first-order chi connectivity index (χ1) is 8.16. The molecule has 1 nitrogen and oxygen atoms in total. The van der Waals surface area contributed by atoms with Gasteiger partial charge in [-0.1, -0.05) is 0 Å². The van der Waals surface area contributed by atoms with E-state index in [2.05, 4.69) is 65.2 Å². The van der Waals surface area contributed by atoms with Crippen LogP contribution in [-0.2, 0) is 23.2 Å². The Morgan fingerprint density at radius 2 is 2.11 bits per heavy atom. The van der Waals surface area contributed by atoms with E-state index < -0.39 is 23.2 Å². The van der Waals surface area contributed by atoms with Crippen molar-refractivity contribution in [2.45, 2.75) is 19.4 Å². The zero-order chi connectivity index (χ0) is 12.0. The first kappa shape index (κ1) is 17.5. The van der Waals surface area contributed by atoms with Crippen LogP contribution in [0.1, 0.15) is 13.3 Å².